The Balaban J connectivity index is 0.000000208. The fourth-order valence-electron chi connectivity index (χ4n) is 4.71. The van der Waals surface area contributed by atoms with E-state index in [1.807, 2.05) is 24.3 Å². The molecule has 0 atom stereocenters. The minimum Gasteiger partial charge on any atom is -0.493 e. The van der Waals surface area contributed by atoms with Crippen LogP contribution in [0.4, 0.5) is 0 Å². The van der Waals surface area contributed by atoms with Gasteiger partial charge >= 0.3 is 11.7 Å². The first-order valence-corrected chi connectivity index (χ1v) is 12.9. The first-order chi connectivity index (χ1) is 20.1. The zero-order chi connectivity index (χ0) is 30.6. The van der Waals surface area contributed by atoms with Crippen molar-refractivity contribution in [1.29, 1.82) is 0 Å². The van der Waals surface area contributed by atoms with Gasteiger partial charge in [-0.25, -0.2) is 9.78 Å². The van der Waals surface area contributed by atoms with Gasteiger partial charge in [0.25, 0.3) is 5.56 Å². The molecule has 2 aromatic carbocycles. The second-order valence-electron chi connectivity index (χ2n) is 9.36. The van der Waals surface area contributed by atoms with E-state index in [0.717, 1.165) is 45.9 Å². The predicted molar refractivity (Wildman–Crippen MR) is 157 cm³/mol. The molecule has 42 heavy (non-hydrogen) atoms. The number of hydrogen-bond donors (Lipinski definition) is 2. The van der Waals surface area contributed by atoms with Gasteiger partial charge in [-0.1, -0.05) is 6.07 Å². The molecular formula is C29H33N5O8. The summed E-state index contributed by atoms with van der Waals surface area (Å²) in [5.41, 5.74) is 3.68. The summed E-state index contributed by atoms with van der Waals surface area (Å²) in [7, 11) is 9.39. The van der Waals surface area contributed by atoms with E-state index in [4.69, 9.17) is 24.1 Å². The highest BCUT2D eigenvalue weighted by Crippen LogP contribution is 2.36. The van der Waals surface area contributed by atoms with Crippen LogP contribution >= 0.6 is 0 Å². The number of fused-ring (bicyclic) bond motifs is 2. The van der Waals surface area contributed by atoms with Crippen molar-refractivity contribution in [3.63, 3.8) is 0 Å². The van der Waals surface area contributed by atoms with Crippen molar-refractivity contribution >= 4 is 28.9 Å². The largest absolute Gasteiger partial charge is 0.493 e. The smallest absolute Gasteiger partial charge is 0.332 e. The Kier molecular flexibility index (Phi) is 8.89. The molecule has 13 heteroatoms. The van der Waals surface area contributed by atoms with Crippen LogP contribution in [0.3, 0.4) is 0 Å². The molecule has 1 aliphatic rings. The van der Waals surface area contributed by atoms with E-state index >= 15 is 0 Å². The van der Waals surface area contributed by atoms with Crippen LogP contribution in [0, 0.1) is 0 Å². The van der Waals surface area contributed by atoms with Crippen molar-refractivity contribution in [3.8, 4) is 23.0 Å². The van der Waals surface area contributed by atoms with Crippen LogP contribution < -0.4 is 35.5 Å². The monoisotopic (exact) mass is 579 g/mol. The Bertz CT molecular complexity index is 1780. The summed E-state index contributed by atoms with van der Waals surface area (Å²) in [6.45, 7) is 0.506. The molecular weight excluding hydrogens is 546 g/mol. The quantitative estimate of drug-likeness (QED) is 0.333. The number of aryl methyl sites for hydroxylation is 1. The maximum atomic E-state index is 11.9. The van der Waals surface area contributed by atoms with Crippen molar-refractivity contribution < 1.29 is 28.8 Å². The maximum absolute atomic E-state index is 11.9. The van der Waals surface area contributed by atoms with Crippen molar-refractivity contribution in [2.24, 2.45) is 14.1 Å². The van der Waals surface area contributed by atoms with E-state index in [1.165, 1.54) is 35.1 Å². The summed E-state index contributed by atoms with van der Waals surface area (Å²) in [4.78, 5) is 38.0. The minimum atomic E-state index is -1.08. The van der Waals surface area contributed by atoms with E-state index in [-0.39, 0.29) is 17.7 Å². The Morgan fingerprint density at radius 2 is 1.60 bits per heavy atom. The van der Waals surface area contributed by atoms with Gasteiger partial charge in [0.15, 0.2) is 34.2 Å². The summed E-state index contributed by atoms with van der Waals surface area (Å²) >= 11 is 0. The van der Waals surface area contributed by atoms with Crippen molar-refractivity contribution in [2.45, 2.75) is 13.0 Å². The van der Waals surface area contributed by atoms with Gasteiger partial charge in [0.2, 0.25) is 0 Å². The maximum Gasteiger partial charge on any atom is 0.332 e. The molecule has 0 saturated carbocycles. The van der Waals surface area contributed by atoms with Crippen molar-refractivity contribution in [1.82, 2.24) is 24.0 Å². The molecule has 0 spiro atoms. The normalized spacial score (nSPS) is 13.0. The molecule has 0 amide bonds. The molecule has 0 saturated heterocycles. The SMILES string of the molecule is COc1ccc(C=C2NCCc3cc(OC)c(OC)cc32)cc1OC.Cn1c(=O)c2c(ncn2CC(=O)O)n(C)c1=O. The van der Waals surface area contributed by atoms with E-state index in [2.05, 4.69) is 22.4 Å². The summed E-state index contributed by atoms with van der Waals surface area (Å²) in [6, 6.07) is 9.95. The number of nitrogens with zero attached hydrogens (tertiary/aromatic N) is 4. The zero-order valence-electron chi connectivity index (χ0n) is 24.3. The second kappa shape index (κ2) is 12.5. The number of carbonyl (C=O) groups is 1. The molecule has 0 radical (unpaired) electrons. The molecule has 0 bridgehead atoms. The van der Waals surface area contributed by atoms with Crippen LogP contribution in [0.25, 0.3) is 22.9 Å². The van der Waals surface area contributed by atoms with Crippen LogP contribution in [0.15, 0.2) is 46.2 Å². The number of rotatable bonds is 7. The molecule has 0 fully saturated rings. The Labute approximate surface area is 241 Å². The average molecular weight is 580 g/mol. The van der Waals surface area contributed by atoms with Crippen LogP contribution in [-0.2, 0) is 31.9 Å². The zero-order valence-corrected chi connectivity index (χ0v) is 24.3. The van der Waals surface area contributed by atoms with Gasteiger partial charge < -0.3 is 33.9 Å². The number of nitrogens with one attached hydrogen (secondary N) is 1. The van der Waals surface area contributed by atoms with E-state index in [0.29, 0.717) is 11.5 Å². The molecule has 222 valence electrons. The van der Waals surface area contributed by atoms with E-state index < -0.39 is 17.2 Å². The van der Waals surface area contributed by atoms with Gasteiger partial charge in [0.1, 0.15) is 6.54 Å². The molecule has 2 aromatic heterocycles. The highest BCUT2D eigenvalue weighted by molar-refractivity contribution is 5.84. The number of aromatic nitrogens is 4. The summed E-state index contributed by atoms with van der Waals surface area (Å²) < 4.78 is 24.9. The number of ether oxygens (including phenoxy) is 4. The third-order valence-corrected chi connectivity index (χ3v) is 6.85. The number of aliphatic carboxylic acids is 1. The summed E-state index contributed by atoms with van der Waals surface area (Å²) in [5, 5.41) is 12.2. The third-order valence-electron chi connectivity index (χ3n) is 6.85. The number of imidazole rings is 1. The van der Waals surface area contributed by atoms with Crippen LogP contribution in [-0.4, -0.2) is 64.7 Å². The van der Waals surface area contributed by atoms with Crippen LogP contribution in [0.1, 0.15) is 16.7 Å². The van der Waals surface area contributed by atoms with Gasteiger partial charge in [-0.15, -0.1) is 0 Å². The highest BCUT2D eigenvalue weighted by atomic mass is 16.5. The number of hydrogen-bond acceptors (Lipinski definition) is 9. The molecule has 5 rings (SSSR count). The van der Waals surface area contributed by atoms with Gasteiger partial charge in [-0.2, -0.15) is 0 Å². The lowest BCUT2D eigenvalue weighted by molar-refractivity contribution is -0.137. The predicted octanol–water partition coefficient (Wildman–Crippen LogP) is 1.88. The summed E-state index contributed by atoms with van der Waals surface area (Å²) in [6.07, 6.45) is 4.28. The first kappa shape index (κ1) is 29.8. The lowest BCUT2D eigenvalue weighted by atomic mass is 9.96. The molecule has 0 aliphatic carbocycles. The van der Waals surface area contributed by atoms with Crippen molar-refractivity contribution in [2.75, 3.05) is 35.0 Å². The van der Waals surface area contributed by atoms with Gasteiger partial charge in [0.05, 0.1) is 34.8 Å². The van der Waals surface area contributed by atoms with Crippen LogP contribution in [0.2, 0.25) is 0 Å². The molecule has 3 heterocycles. The number of carboxylic acids is 1. The summed E-state index contributed by atoms with van der Waals surface area (Å²) in [5.74, 6) is 1.82. The lowest BCUT2D eigenvalue weighted by Crippen LogP contribution is -2.37. The van der Waals surface area contributed by atoms with E-state index in [9.17, 15) is 14.4 Å². The van der Waals surface area contributed by atoms with Crippen LogP contribution in [0.5, 0.6) is 23.0 Å². The second-order valence-corrected chi connectivity index (χ2v) is 9.36. The van der Waals surface area contributed by atoms with Gasteiger partial charge in [-0.3, -0.25) is 18.7 Å². The molecule has 1 aliphatic heterocycles. The first-order valence-electron chi connectivity index (χ1n) is 12.9. The fourth-order valence-corrected chi connectivity index (χ4v) is 4.71. The lowest BCUT2D eigenvalue weighted by Gasteiger charge is -2.23. The molecule has 4 aromatic rings. The Morgan fingerprint density at radius 1 is 0.952 bits per heavy atom. The molecule has 13 nitrogen and oxygen atoms in total. The molecule has 2 N–H and O–H groups in total. The molecule has 0 unspecified atom stereocenters. The van der Waals surface area contributed by atoms with Gasteiger partial charge in [0, 0.05) is 31.9 Å². The fraction of sp³-hybridized carbons (Fsp3) is 0.310. The van der Waals surface area contributed by atoms with Gasteiger partial charge in [-0.05, 0) is 47.9 Å². The topological polar surface area (TPSA) is 148 Å². The number of methoxy groups -OCH3 is 4. The average Bonchev–Trinajstić information content (AvgIpc) is 3.41. The number of benzene rings is 2. The third kappa shape index (κ3) is 5.80. The van der Waals surface area contributed by atoms with Crippen molar-refractivity contribution in [3.05, 3.63) is 74.2 Å². The standard InChI is InChI=1S/C20H23NO4.C9H10N4O4/c1-22-17-6-5-13(10-18(17)23-2)9-16-15-12-20(25-4)19(24-3)11-14(15)7-8-21-16;1-11-7-6(8(16)12(2)9(11)17)13(4-10-7)3-5(14)15/h5-6,9-12,21H,7-8H2,1-4H3;4H,3H2,1-2H3,(H,14,15). The Morgan fingerprint density at radius 3 is 2.24 bits per heavy atom. The Hall–Kier alpha value is -5.20. The highest BCUT2D eigenvalue weighted by Gasteiger charge is 2.18. The number of carboxylic acid groups (broad SMARTS) is 1. The minimum absolute atomic E-state index is 0.108. The van der Waals surface area contributed by atoms with E-state index in [1.54, 1.807) is 28.4 Å².